The normalized spacial score (nSPS) is 13.4. The number of aromatic nitrogens is 1. The van der Waals surface area contributed by atoms with Gasteiger partial charge in [0.1, 0.15) is 17.3 Å². The van der Waals surface area contributed by atoms with Crippen LogP contribution in [-0.2, 0) is 11.3 Å². The van der Waals surface area contributed by atoms with Crippen LogP contribution in [0.2, 0.25) is 5.02 Å². The Bertz CT molecular complexity index is 1430. The Kier molecular flexibility index (Phi) is 5.70. The van der Waals surface area contributed by atoms with E-state index < -0.39 is 11.6 Å². The highest BCUT2D eigenvalue weighted by Crippen LogP contribution is 2.33. The van der Waals surface area contributed by atoms with Crippen LogP contribution in [0.15, 0.2) is 71.0 Å². The zero-order chi connectivity index (χ0) is 22.9. The van der Waals surface area contributed by atoms with Crippen LogP contribution in [0.4, 0.5) is 20.2 Å². The lowest BCUT2D eigenvalue weighted by Crippen LogP contribution is -2.25. The second-order valence-electron chi connectivity index (χ2n) is 7.37. The van der Waals surface area contributed by atoms with Gasteiger partial charge in [-0.2, -0.15) is 0 Å². The Labute approximate surface area is 196 Å². The predicted octanol–water partition coefficient (Wildman–Crippen LogP) is 5.76. The third kappa shape index (κ3) is 4.53. The number of carbonyl (C=O) groups is 1. The fourth-order valence-corrected chi connectivity index (χ4v) is 4.54. The van der Waals surface area contributed by atoms with Crippen LogP contribution in [0.3, 0.4) is 0 Å². The molecule has 33 heavy (non-hydrogen) atoms. The van der Waals surface area contributed by atoms with Crippen molar-refractivity contribution in [3.63, 3.8) is 0 Å². The van der Waals surface area contributed by atoms with Gasteiger partial charge in [-0.3, -0.25) is 4.79 Å². The number of fused-ring (bicyclic) bond motifs is 1. The molecule has 5 nitrogen and oxygen atoms in total. The number of thiazole rings is 1. The monoisotopic (exact) mass is 483 g/mol. The zero-order valence-corrected chi connectivity index (χ0v) is 18.6. The molecular weight excluding hydrogens is 468 g/mol. The van der Waals surface area contributed by atoms with Crippen molar-refractivity contribution in [2.75, 3.05) is 11.9 Å². The number of hydrogen-bond donors (Lipinski definition) is 1. The molecule has 3 aromatic carbocycles. The number of anilines is 1. The van der Waals surface area contributed by atoms with E-state index in [0.29, 0.717) is 27.8 Å². The molecule has 0 saturated carbocycles. The molecule has 0 radical (unpaired) electrons. The smallest absolute Gasteiger partial charge is 0.262 e. The van der Waals surface area contributed by atoms with E-state index in [-0.39, 0.29) is 18.2 Å². The Hall–Kier alpha value is -3.49. The lowest BCUT2D eigenvalue weighted by atomic mass is 10.1. The molecule has 5 rings (SSSR count). The van der Waals surface area contributed by atoms with Crippen LogP contribution in [0.1, 0.15) is 5.56 Å². The molecule has 1 aliphatic rings. The molecule has 4 aromatic rings. The summed E-state index contributed by atoms with van der Waals surface area (Å²) in [7, 11) is 0. The second kappa shape index (κ2) is 8.80. The molecule has 0 atom stereocenters. The van der Waals surface area contributed by atoms with E-state index in [1.807, 2.05) is 34.2 Å². The van der Waals surface area contributed by atoms with E-state index in [4.69, 9.17) is 16.3 Å². The zero-order valence-electron chi connectivity index (χ0n) is 17.0. The lowest BCUT2D eigenvalue weighted by Gasteiger charge is -2.19. The fourth-order valence-electron chi connectivity index (χ4n) is 3.49. The van der Waals surface area contributed by atoms with Crippen LogP contribution in [0.5, 0.6) is 5.75 Å². The van der Waals surface area contributed by atoms with Gasteiger partial charge in [-0.15, -0.1) is 11.3 Å². The number of benzene rings is 3. The maximum Gasteiger partial charge on any atom is 0.262 e. The lowest BCUT2D eigenvalue weighted by molar-refractivity contribution is -0.118. The number of rotatable bonds is 4. The Morgan fingerprint density at radius 2 is 1.91 bits per heavy atom. The molecule has 0 bridgehead atoms. The van der Waals surface area contributed by atoms with E-state index in [1.165, 1.54) is 23.5 Å². The number of ether oxygens (including phenoxy) is 1. The van der Waals surface area contributed by atoms with Crippen LogP contribution in [-0.4, -0.2) is 17.1 Å². The first-order valence-electron chi connectivity index (χ1n) is 9.96. The van der Waals surface area contributed by atoms with Crippen LogP contribution in [0, 0.1) is 11.6 Å². The van der Waals surface area contributed by atoms with Gasteiger partial charge < -0.3 is 14.6 Å². The summed E-state index contributed by atoms with van der Waals surface area (Å²) in [6.07, 6.45) is 0. The SMILES string of the molecule is O=C1COc2ccc(-c3csc(=Nc4ccc(F)cc4F)n3Cc3ccc(Cl)cc3)cc2N1. The van der Waals surface area contributed by atoms with E-state index in [2.05, 4.69) is 10.3 Å². The standard InChI is InChI=1S/C24H16ClF2N3O2S/c25-16-4-1-14(2-5-16)11-30-21(15-3-8-22-20(9-15)28-23(31)12-32-22)13-33-24(30)29-19-7-6-17(26)10-18(19)27/h1-10,13H,11-12H2,(H,28,31). The average molecular weight is 484 g/mol. The van der Waals surface area contributed by atoms with Gasteiger partial charge in [0.2, 0.25) is 0 Å². The van der Waals surface area contributed by atoms with Crippen molar-refractivity contribution in [2.24, 2.45) is 4.99 Å². The van der Waals surface area contributed by atoms with Gasteiger partial charge in [0, 0.05) is 22.0 Å². The van der Waals surface area contributed by atoms with E-state index in [0.717, 1.165) is 22.9 Å². The van der Waals surface area contributed by atoms with Crippen molar-refractivity contribution in [1.29, 1.82) is 0 Å². The molecule has 2 heterocycles. The first-order chi connectivity index (χ1) is 16.0. The molecule has 1 aromatic heterocycles. The summed E-state index contributed by atoms with van der Waals surface area (Å²) in [6.45, 7) is 0.422. The number of nitrogens with zero attached hydrogens (tertiary/aromatic N) is 2. The van der Waals surface area contributed by atoms with Gasteiger partial charge in [-0.25, -0.2) is 13.8 Å². The molecule has 0 fully saturated rings. The van der Waals surface area contributed by atoms with Crippen molar-refractivity contribution < 1.29 is 18.3 Å². The number of halogens is 3. The highest BCUT2D eigenvalue weighted by Gasteiger charge is 2.18. The minimum absolute atomic E-state index is 0.0202. The molecule has 1 amide bonds. The Balaban J connectivity index is 1.64. The minimum Gasteiger partial charge on any atom is -0.482 e. The number of hydrogen-bond acceptors (Lipinski definition) is 4. The summed E-state index contributed by atoms with van der Waals surface area (Å²) >= 11 is 7.36. The molecule has 1 aliphatic heterocycles. The van der Waals surface area contributed by atoms with E-state index >= 15 is 0 Å². The summed E-state index contributed by atoms with van der Waals surface area (Å²) in [5.74, 6) is -1.03. The maximum atomic E-state index is 14.3. The summed E-state index contributed by atoms with van der Waals surface area (Å²) in [4.78, 5) is 16.7. The highest BCUT2D eigenvalue weighted by molar-refractivity contribution is 7.07. The van der Waals surface area contributed by atoms with Crippen LogP contribution in [0.25, 0.3) is 11.3 Å². The summed E-state index contributed by atoms with van der Waals surface area (Å²) in [5, 5.41) is 5.34. The fraction of sp³-hybridized carbons (Fsp3) is 0.0833. The maximum absolute atomic E-state index is 14.3. The third-order valence-electron chi connectivity index (χ3n) is 5.09. The van der Waals surface area contributed by atoms with Gasteiger partial charge in [-0.05, 0) is 48.0 Å². The van der Waals surface area contributed by atoms with Crippen molar-refractivity contribution in [3.8, 4) is 17.0 Å². The molecule has 0 saturated heterocycles. The topological polar surface area (TPSA) is 55.6 Å². The Morgan fingerprint density at radius 3 is 2.70 bits per heavy atom. The third-order valence-corrected chi connectivity index (χ3v) is 6.20. The van der Waals surface area contributed by atoms with Gasteiger partial charge in [0.15, 0.2) is 17.2 Å². The second-order valence-corrected chi connectivity index (χ2v) is 8.64. The number of carbonyl (C=O) groups excluding carboxylic acids is 1. The van der Waals surface area contributed by atoms with Crippen molar-refractivity contribution in [3.05, 3.63) is 93.1 Å². The van der Waals surface area contributed by atoms with E-state index in [1.54, 1.807) is 18.2 Å². The van der Waals surface area contributed by atoms with Gasteiger partial charge >= 0.3 is 0 Å². The van der Waals surface area contributed by atoms with Gasteiger partial charge in [0.25, 0.3) is 5.91 Å². The highest BCUT2D eigenvalue weighted by atomic mass is 35.5. The minimum atomic E-state index is -0.739. The molecule has 9 heteroatoms. The average Bonchev–Trinajstić information content (AvgIpc) is 3.18. The van der Waals surface area contributed by atoms with Crippen LogP contribution < -0.4 is 14.9 Å². The van der Waals surface area contributed by atoms with Crippen molar-refractivity contribution in [2.45, 2.75) is 6.54 Å². The van der Waals surface area contributed by atoms with E-state index in [9.17, 15) is 13.6 Å². The summed E-state index contributed by atoms with van der Waals surface area (Å²) in [6, 6.07) is 16.2. The molecule has 0 aliphatic carbocycles. The molecule has 0 spiro atoms. The molecule has 166 valence electrons. The van der Waals surface area contributed by atoms with Gasteiger partial charge in [0.05, 0.1) is 17.9 Å². The summed E-state index contributed by atoms with van der Waals surface area (Å²) in [5.41, 5.74) is 3.23. The molecule has 0 unspecified atom stereocenters. The quantitative estimate of drug-likeness (QED) is 0.401. The number of nitrogens with one attached hydrogen (secondary N) is 1. The van der Waals surface area contributed by atoms with Crippen molar-refractivity contribution in [1.82, 2.24) is 4.57 Å². The predicted molar refractivity (Wildman–Crippen MR) is 124 cm³/mol. The van der Waals surface area contributed by atoms with Gasteiger partial charge in [-0.1, -0.05) is 23.7 Å². The molecular formula is C24H16ClF2N3O2S. The first kappa shape index (κ1) is 21.4. The summed E-state index contributed by atoms with van der Waals surface area (Å²) < 4.78 is 35.0. The van der Waals surface area contributed by atoms with Crippen molar-refractivity contribution >= 4 is 40.2 Å². The molecule has 1 N–H and O–H groups in total. The first-order valence-corrected chi connectivity index (χ1v) is 11.2. The van der Waals surface area contributed by atoms with Crippen LogP contribution >= 0.6 is 22.9 Å². The largest absolute Gasteiger partial charge is 0.482 e. The number of amides is 1. The Morgan fingerprint density at radius 1 is 1.09 bits per heavy atom.